The molecule has 3 aromatic rings. The number of amides is 1. The van der Waals surface area contributed by atoms with Gasteiger partial charge in [-0.15, -0.1) is 0 Å². The van der Waals surface area contributed by atoms with E-state index in [1.54, 1.807) is 25.3 Å². The molecule has 0 aliphatic rings. The lowest BCUT2D eigenvalue weighted by Crippen LogP contribution is -2.26. The lowest BCUT2D eigenvalue weighted by Gasteiger charge is -2.08. The number of unbranched alkanes of at least 4 members (excludes halogenated alkanes) is 3. The lowest BCUT2D eigenvalue weighted by molar-refractivity contribution is -0.384. The molecule has 8 nitrogen and oxygen atoms in total. The number of hydrogen-bond donors (Lipinski definition) is 1. The first-order valence-corrected chi connectivity index (χ1v) is 10.3. The number of hydrogen-bond acceptors (Lipinski definition) is 5. The molecule has 0 fully saturated rings. The Hall–Kier alpha value is -3.68. The van der Waals surface area contributed by atoms with Crippen LogP contribution in [0.3, 0.4) is 0 Å². The van der Waals surface area contributed by atoms with Crippen LogP contribution in [0.1, 0.15) is 43.1 Å². The summed E-state index contributed by atoms with van der Waals surface area (Å²) in [4.78, 5) is 23.7. The minimum atomic E-state index is -0.469. The van der Waals surface area contributed by atoms with Gasteiger partial charge in [0.1, 0.15) is 11.4 Å². The summed E-state index contributed by atoms with van der Waals surface area (Å²) < 4.78 is 6.73. The number of benzene rings is 2. The Bertz CT molecular complexity index is 1060. The standard InChI is InChI=1S/C23H26N4O4/c1-3-4-5-6-13-24-23(28)22-16-21(17-9-7-12-20(14-17)31-2)25-26(22)18-10-8-11-19(15-18)27(29)30/h7-12,14-16H,3-6,13H2,1-2H3,(H,24,28). The maximum absolute atomic E-state index is 12.9. The highest BCUT2D eigenvalue weighted by Crippen LogP contribution is 2.26. The van der Waals surface area contributed by atoms with Crippen molar-refractivity contribution in [1.29, 1.82) is 0 Å². The Kier molecular flexibility index (Phi) is 7.37. The summed E-state index contributed by atoms with van der Waals surface area (Å²) in [6.45, 7) is 2.70. The maximum Gasteiger partial charge on any atom is 0.271 e. The van der Waals surface area contributed by atoms with E-state index < -0.39 is 4.92 Å². The second-order valence-corrected chi connectivity index (χ2v) is 7.15. The largest absolute Gasteiger partial charge is 0.497 e. The molecule has 0 saturated heterocycles. The van der Waals surface area contributed by atoms with Gasteiger partial charge < -0.3 is 10.1 Å². The number of nitrogens with one attached hydrogen (secondary N) is 1. The molecule has 0 atom stereocenters. The SMILES string of the molecule is CCCCCCNC(=O)c1cc(-c2cccc(OC)c2)nn1-c1cccc([N+](=O)[O-])c1. The van der Waals surface area contributed by atoms with E-state index in [0.29, 0.717) is 29.4 Å². The topological polar surface area (TPSA) is 99.3 Å². The van der Waals surface area contributed by atoms with Crippen LogP contribution in [0.5, 0.6) is 5.75 Å². The van der Waals surface area contributed by atoms with E-state index in [1.807, 2.05) is 24.3 Å². The lowest BCUT2D eigenvalue weighted by atomic mass is 10.1. The number of nitro benzene ring substituents is 1. The summed E-state index contributed by atoms with van der Waals surface area (Å²) in [7, 11) is 1.58. The molecule has 0 saturated carbocycles. The Morgan fingerprint density at radius 2 is 1.94 bits per heavy atom. The molecule has 0 unspecified atom stereocenters. The van der Waals surface area contributed by atoms with E-state index in [-0.39, 0.29) is 11.6 Å². The fourth-order valence-corrected chi connectivity index (χ4v) is 3.25. The second-order valence-electron chi connectivity index (χ2n) is 7.15. The van der Waals surface area contributed by atoms with Crippen LogP contribution in [0.4, 0.5) is 5.69 Å². The summed E-state index contributed by atoms with van der Waals surface area (Å²) in [6, 6.07) is 15.1. The Morgan fingerprint density at radius 3 is 2.68 bits per heavy atom. The van der Waals surface area contributed by atoms with Crippen LogP contribution in [0.25, 0.3) is 16.9 Å². The number of carbonyl (C=O) groups is 1. The first-order valence-electron chi connectivity index (χ1n) is 10.3. The van der Waals surface area contributed by atoms with Crippen molar-refractivity contribution >= 4 is 11.6 Å². The summed E-state index contributed by atoms with van der Waals surface area (Å²) in [5.41, 5.74) is 2.04. The van der Waals surface area contributed by atoms with Crippen molar-refractivity contribution in [2.24, 2.45) is 0 Å². The maximum atomic E-state index is 12.9. The quantitative estimate of drug-likeness (QED) is 0.288. The zero-order valence-electron chi connectivity index (χ0n) is 17.7. The number of non-ortho nitro benzene ring substituents is 1. The van der Waals surface area contributed by atoms with E-state index in [4.69, 9.17) is 4.74 Å². The van der Waals surface area contributed by atoms with Gasteiger partial charge in [0.15, 0.2) is 0 Å². The van der Waals surface area contributed by atoms with Gasteiger partial charge in [0.2, 0.25) is 0 Å². The average Bonchev–Trinajstić information content (AvgIpc) is 3.24. The second kappa shape index (κ2) is 10.4. The van der Waals surface area contributed by atoms with Gasteiger partial charge in [0.05, 0.1) is 23.4 Å². The number of carbonyl (C=O) groups excluding carboxylic acids is 1. The van der Waals surface area contributed by atoms with E-state index in [2.05, 4.69) is 17.3 Å². The molecular weight excluding hydrogens is 396 g/mol. The molecule has 0 aliphatic heterocycles. The highest BCUT2D eigenvalue weighted by Gasteiger charge is 2.19. The van der Waals surface area contributed by atoms with Crippen molar-refractivity contribution in [2.75, 3.05) is 13.7 Å². The predicted octanol–water partition coefficient (Wildman–Crippen LogP) is 4.77. The molecule has 162 valence electrons. The van der Waals surface area contributed by atoms with Crippen LogP contribution >= 0.6 is 0 Å². The van der Waals surface area contributed by atoms with Crippen LogP contribution in [0.15, 0.2) is 54.6 Å². The Balaban J connectivity index is 1.97. The van der Waals surface area contributed by atoms with E-state index in [9.17, 15) is 14.9 Å². The molecule has 8 heteroatoms. The smallest absolute Gasteiger partial charge is 0.271 e. The number of nitro groups is 1. The number of ether oxygens (including phenoxy) is 1. The molecule has 0 bridgehead atoms. The number of methoxy groups -OCH3 is 1. The van der Waals surface area contributed by atoms with Gasteiger partial charge in [-0.2, -0.15) is 5.10 Å². The zero-order chi connectivity index (χ0) is 22.2. The first-order chi connectivity index (χ1) is 15.0. The van der Waals surface area contributed by atoms with E-state index in [0.717, 1.165) is 31.2 Å². The highest BCUT2D eigenvalue weighted by molar-refractivity contribution is 5.94. The molecule has 3 rings (SSSR count). The van der Waals surface area contributed by atoms with Crippen LogP contribution in [0, 0.1) is 10.1 Å². The molecule has 0 aliphatic carbocycles. The van der Waals surface area contributed by atoms with Gasteiger partial charge in [0.25, 0.3) is 11.6 Å². The van der Waals surface area contributed by atoms with Gasteiger partial charge in [0, 0.05) is 24.2 Å². The molecule has 1 aromatic heterocycles. The average molecular weight is 422 g/mol. The monoisotopic (exact) mass is 422 g/mol. The number of nitrogens with zero attached hydrogens (tertiary/aromatic N) is 3. The summed E-state index contributed by atoms with van der Waals surface area (Å²) >= 11 is 0. The van der Waals surface area contributed by atoms with Gasteiger partial charge in [-0.3, -0.25) is 14.9 Å². The third kappa shape index (κ3) is 5.48. The molecule has 0 spiro atoms. The molecule has 1 N–H and O–H groups in total. The minimum absolute atomic E-state index is 0.0677. The molecule has 2 aromatic carbocycles. The normalized spacial score (nSPS) is 10.6. The van der Waals surface area contributed by atoms with Crippen LogP contribution in [0.2, 0.25) is 0 Å². The van der Waals surface area contributed by atoms with Crippen molar-refractivity contribution in [3.8, 4) is 22.7 Å². The van der Waals surface area contributed by atoms with Crippen LogP contribution in [-0.4, -0.2) is 34.3 Å². The van der Waals surface area contributed by atoms with Crippen molar-refractivity contribution < 1.29 is 14.5 Å². The number of rotatable bonds is 10. The van der Waals surface area contributed by atoms with Crippen molar-refractivity contribution in [1.82, 2.24) is 15.1 Å². The third-order valence-corrected chi connectivity index (χ3v) is 4.91. The van der Waals surface area contributed by atoms with Crippen molar-refractivity contribution in [3.05, 3.63) is 70.4 Å². The Morgan fingerprint density at radius 1 is 1.13 bits per heavy atom. The van der Waals surface area contributed by atoms with Gasteiger partial charge in [-0.25, -0.2) is 4.68 Å². The number of aromatic nitrogens is 2. The van der Waals surface area contributed by atoms with Gasteiger partial charge in [-0.05, 0) is 30.7 Å². The summed E-state index contributed by atoms with van der Waals surface area (Å²) in [5, 5.41) is 18.7. The van der Waals surface area contributed by atoms with Crippen LogP contribution < -0.4 is 10.1 Å². The van der Waals surface area contributed by atoms with Crippen LogP contribution in [-0.2, 0) is 0 Å². The summed E-state index contributed by atoms with van der Waals surface area (Å²) in [6.07, 6.45) is 4.20. The van der Waals surface area contributed by atoms with Crippen molar-refractivity contribution in [3.63, 3.8) is 0 Å². The molecule has 31 heavy (non-hydrogen) atoms. The first kappa shape index (κ1) is 22.0. The third-order valence-electron chi connectivity index (χ3n) is 4.91. The van der Waals surface area contributed by atoms with Gasteiger partial charge in [-0.1, -0.05) is 44.4 Å². The summed E-state index contributed by atoms with van der Waals surface area (Å²) in [5.74, 6) is 0.397. The van der Waals surface area contributed by atoms with E-state index in [1.165, 1.54) is 16.8 Å². The van der Waals surface area contributed by atoms with Crippen molar-refractivity contribution in [2.45, 2.75) is 32.6 Å². The molecule has 0 radical (unpaired) electrons. The molecule has 1 amide bonds. The minimum Gasteiger partial charge on any atom is -0.497 e. The molecular formula is C23H26N4O4. The molecule has 1 heterocycles. The van der Waals surface area contributed by atoms with E-state index >= 15 is 0 Å². The predicted molar refractivity (Wildman–Crippen MR) is 119 cm³/mol. The zero-order valence-corrected chi connectivity index (χ0v) is 17.7. The fraction of sp³-hybridized carbons (Fsp3) is 0.304. The Labute approximate surface area is 181 Å². The fourth-order valence-electron chi connectivity index (χ4n) is 3.25. The highest BCUT2D eigenvalue weighted by atomic mass is 16.6. The van der Waals surface area contributed by atoms with Gasteiger partial charge >= 0.3 is 0 Å².